The Balaban J connectivity index is 1.78. The molecule has 0 aliphatic carbocycles. The van der Waals surface area contributed by atoms with Crippen LogP contribution in [0.1, 0.15) is 5.56 Å². The number of carbonyl (C=O) groups excluding carboxylic acids is 1. The molecule has 1 amide bonds. The highest BCUT2D eigenvalue weighted by Gasteiger charge is 2.04. The van der Waals surface area contributed by atoms with E-state index in [-0.39, 0.29) is 17.2 Å². The molecular formula is C14H15N3O3S. The van der Waals surface area contributed by atoms with Crippen molar-refractivity contribution in [2.45, 2.75) is 11.7 Å². The molecule has 0 atom stereocenters. The van der Waals surface area contributed by atoms with Crippen molar-refractivity contribution in [2.24, 2.45) is 0 Å². The van der Waals surface area contributed by atoms with Gasteiger partial charge in [-0.25, -0.2) is 4.98 Å². The topological polar surface area (TPSA) is 84.1 Å². The van der Waals surface area contributed by atoms with E-state index in [0.29, 0.717) is 11.7 Å². The van der Waals surface area contributed by atoms with E-state index in [9.17, 15) is 9.59 Å². The van der Waals surface area contributed by atoms with Crippen molar-refractivity contribution in [1.29, 1.82) is 0 Å². The first kappa shape index (κ1) is 15.1. The number of hydrogen-bond donors (Lipinski definition) is 2. The Morgan fingerprint density at radius 1 is 1.33 bits per heavy atom. The summed E-state index contributed by atoms with van der Waals surface area (Å²) in [6, 6.07) is 8.79. The van der Waals surface area contributed by atoms with E-state index in [0.717, 1.165) is 11.3 Å². The predicted octanol–water partition coefficient (Wildman–Crippen LogP) is 1.19. The van der Waals surface area contributed by atoms with Crippen LogP contribution in [0.15, 0.2) is 46.5 Å². The van der Waals surface area contributed by atoms with E-state index in [1.54, 1.807) is 7.11 Å². The third kappa shape index (κ3) is 4.96. The van der Waals surface area contributed by atoms with E-state index < -0.39 is 0 Å². The number of H-pyrrole nitrogens is 1. The first-order valence-corrected chi connectivity index (χ1v) is 7.23. The van der Waals surface area contributed by atoms with Gasteiger partial charge in [-0.15, -0.1) is 0 Å². The van der Waals surface area contributed by atoms with Gasteiger partial charge in [0.25, 0.3) is 5.56 Å². The van der Waals surface area contributed by atoms with Crippen molar-refractivity contribution in [2.75, 3.05) is 12.9 Å². The van der Waals surface area contributed by atoms with Crippen LogP contribution in [0.2, 0.25) is 0 Å². The van der Waals surface area contributed by atoms with Crippen LogP contribution in [-0.4, -0.2) is 28.7 Å². The quantitative estimate of drug-likeness (QED) is 0.618. The summed E-state index contributed by atoms with van der Waals surface area (Å²) in [6.07, 6.45) is 1.41. The lowest BCUT2D eigenvalue weighted by Gasteiger charge is -2.06. The van der Waals surface area contributed by atoms with Gasteiger partial charge in [-0.1, -0.05) is 23.9 Å². The number of rotatable bonds is 6. The van der Waals surface area contributed by atoms with Gasteiger partial charge in [-0.05, 0) is 17.7 Å². The number of hydrogen-bond acceptors (Lipinski definition) is 5. The lowest BCUT2D eigenvalue weighted by Crippen LogP contribution is -2.24. The summed E-state index contributed by atoms with van der Waals surface area (Å²) >= 11 is 1.19. The van der Waals surface area contributed by atoms with Gasteiger partial charge in [0.05, 0.1) is 12.9 Å². The minimum absolute atomic E-state index is 0.123. The molecule has 0 aliphatic heterocycles. The number of benzene rings is 1. The highest BCUT2D eigenvalue weighted by molar-refractivity contribution is 7.99. The van der Waals surface area contributed by atoms with Gasteiger partial charge in [0, 0.05) is 18.8 Å². The van der Waals surface area contributed by atoms with Crippen LogP contribution in [0.3, 0.4) is 0 Å². The predicted molar refractivity (Wildman–Crippen MR) is 80.4 cm³/mol. The zero-order valence-corrected chi connectivity index (χ0v) is 12.3. The Hall–Kier alpha value is -2.28. The number of ether oxygens (including phenoxy) is 1. The summed E-state index contributed by atoms with van der Waals surface area (Å²) in [5.41, 5.74) is 0.756. The molecule has 0 saturated carbocycles. The van der Waals surface area contributed by atoms with E-state index in [4.69, 9.17) is 4.74 Å². The average molecular weight is 305 g/mol. The van der Waals surface area contributed by atoms with Crippen molar-refractivity contribution < 1.29 is 9.53 Å². The molecule has 110 valence electrons. The normalized spacial score (nSPS) is 10.1. The molecule has 21 heavy (non-hydrogen) atoms. The fraction of sp³-hybridized carbons (Fsp3) is 0.214. The van der Waals surface area contributed by atoms with Crippen molar-refractivity contribution in [3.63, 3.8) is 0 Å². The number of nitrogens with zero attached hydrogens (tertiary/aromatic N) is 1. The van der Waals surface area contributed by atoms with E-state index in [1.165, 1.54) is 24.0 Å². The average Bonchev–Trinajstić information content (AvgIpc) is 2.51. The van der Waals surface area contributed by atoms with Crippen LogP contribution >= 0.6 is 11.8 Å². The van der Waals surface area contributed by atoms with Crippen LogP contribution < -0.4 is 15.6 Å². The van der Waals surface area contributed by atoms with Gasteiger partial charge >= 0.3 is 0 Å². The number of nitrogens with one attached hydrogen (secondary N) is 2. The number of thioether (sulfide) groups is 1. The zero-order valence-electron chi connectivity index (χ0n) is 11.5. The summed E-state index contributed by atoms with van der Waals surface area (Å²) < 4.78 is 5.07. The summed E-state index contributed by atoms with van der Waals surface area (Å²) in [7, 11) is 1.61. The summed E-state index contributed by atoms with van der Waals surface area (Å²) in [6.45, 7) is 0.447. The van der Waals surface area contributed by atoms with E-state index in [1.807, 2.05) is 24.3 Å². The molecule has 2 aromatic rings. The van der Waals surface area contributed by atoms with E-state index >= 15 is 0 Å². The second kappa shape index (κ2) is 7.49. The number of aromatic nitrogens is 2. The molecule has 7 heteroatoms. The summed E-state index contributed by atoms with van der Waals surface area (Å²) in [4.78, 5) is 29.3. The molecule has 0 spiro atoms. The molecule has 0 unspecified atom stereocenters. The van der Waals surface area contributed by atoms with Gasteiger partial charge in [0.15, 0.2) is 5.16 Å². The minimum Gasteiger partial charge on any atom is -0.497 e. The number of aromatic amines is 1. The van der Waals surface area contributed by atoms with Gasteiger partial charge in [-0.3, -0.25) is 9.59 Å². The van der Waals surface area contributed by atoms with E-state index in [2.05, 4.69) is 15.3 Å². The second-order valence-corrected chi connectivity index (χ2v) is 5.12. The van der Waals surface area contributed by atoms with Crippen molar-refractivity contribution >= 4 is 17.7 Å². The number of carbonyl (C=O) groups is 1. The lowest BCUT2D eigenvalue weighted by molar-refractivity contribution is -0.118. The third-order valence-corrected chi connectivity index (χ3v) is 3.52. The Kier molecular flexibility index (Phi) is 5.39. The molecule has 0 radical (unpaired) electrons. The summed E-state index contributed by atoms with van der Waals surface area (Å²) in [5.74, 6) is 0.852. The monoisotopic (exact) mass is 305 g/mol. The maximum atomic E-state index is 11.7. The molecule has 1 heterocycles. The standard InChI is InChI=1S/C14H15N3O3S/c1-20-11-4-2-10(3-5-11)8-16-13(19)9-21-14-15-7-6-12(18)17-14/h2-7H,8-9H2,1H3,(H,16,19)(H,15,17,18). The maximum absolute atomic E-state index is 11.7. The van der Waals surface area contributed by atoms with Crippen molar-refractivity contribution in [1.82, 2.24) is 15.3 Å². The number of methoxy groups -OCH3 is 1. The SMILES string of the molecule is COc1ccc(CNC(=O)CSc2nccc(=O)[nH]2)cc1. The number of amides is 1. The Labute approximate surface area is 125 Å². The van der Waals surface area contributed by atoms with Crippen LogP contribution in [-0.2, 0) is 11.3 Å². The highest BCUT2D eigenvalue weighted by atomic mass is 32.2. The molecule has 2 rings (SSSR count). The van der Waals surface area contributed by atoms with Crippen molar-refractivity contribution in [3.05, 3.63) is 52.4 Å². The first-order chi connectivity index (χ1) is 10.2. The molecule has 0 saturated heterocycles. The van der Waals surface area contributed by atoms with Crippen LogP contribution in [0.25, 0.3) is 0 Å². The van der Waals surface area contributed by atoms with Crippen LogP contribution in [0.4, 0.5) is 0 Å². The van der Waals surface area contributed by atoms with Gasteiger partial charge in [0.2, 0.25) is 5.91 Å². The third-order valence-electron chi connectivity index (χ3n) is 2.64. The molecular weight excluding hydrogens is 290 g/mol. The summed E-state index contributed by atoms with van der Waals surface area (Å²) in [5, 5.41) is 3.23. The molecule has 0 fully saturated rings. The molecule has 2 N–H and O–H groups in total. The Bertz CT molecular complexity index is 655. The molecule has 0 aliphatic rings. The minimum atomic E-state index is -0.230. The molecule has 0 bridgehead atoms. The lowest BCUT2D eigenvalue weighted by atomic mass is 10.2. The Morgan fingerprint density at radius 2 is 2.10 bits per heavy atom. The Morgan fingerprint density at radius 3 is 2.76 bits per heavy atom. The second-order valence-electron chi connectivity index (χ2n) is 4.15. The largest absolute Gasteiger partial charge is 0.497 e. The zero-order chi connectivity index (χ0) is 15.1. The maximum Gasteiger partial charge on any atom is 0.251 e. The first-order valence-electron chi connectivity index (χ1n) is 6.25. The van der Waals surface area contributed by atoms with Crippen LogP contribution in [0.5, 0.6) is 5.75 Å². The fourth-order valence-electron chi connectivity index (χ4n) is 1.55. The smallest absolute Gasteiger partial charge is 0.251 e. The highest BCUT2D eigenvalue weighted by Crippen LogP contribution is 2.12. The van der Waals surface area contributed by atoms with Crippen molar-refractivity contribution in [3.8, 4) is 5.75 Å². The van der Waals surface area contributed by atoms with Gasteiger partial charge < -0.3 is 15.0 Å². The van der Waals surface area contributed by atoms with Crippen LogP contribution in [0, 0.1) is 0 Å². The van der Waals surface area contributed by atoms with Gasteiger partial charge in [-0.2, -0.15) is 0 Å². The molecule has 1 aromatic carbocycles. The molecule has 1 aromatic heterocycles. The fourth-order valence-corrected chi connectivity index (χ4v) is 2.23. The molecule has 6 nitrogen and oxygen atoms in total. The van der Waals surface area contributed by atoms with Gasteiger partial charge in [0.1, 0.15) is 5.75 Å².